The van der Waals surface area contributed by atoms with E-state index < -0.39 is 0 Å². The van der Waals surface area contributed by atoms with E-state index >= 15 is 0 Å². The van der Waals surface area contributed by atoms with Gasteiger partial charge in [0.1, 0.15) is 0 Å². The molecule has 0 atom stereocenters. The Kier molecular flexibility index (Phi) is 7.51. The van der Waals surface area contributed by atoms with Crippen molar-refractivity contribution in [3.05, 3.63) is 5.21 Å². The molecule has 0 aromatic heterocycles. The summed E-state index contributed by atoms with van der Waals surface area (Å²) in [7, 11) is 0. The van der Waals surface area contributed by atoms with E-state index in [4.69, 9.17) is 5.21 Å². The molecule has 0 aromatic rings. The van der Waals surface area contributed by atoms with Crippen LogP contribution < -0.4 is 6.15 Å². The van der Waals surface area contributed by atoms with Gasteiger partial charge in [-0.3, -0.25) is 0 Å². The van der Waals surface area contributed by atoms with E-state index in [1.54, 1.807) is 0 Å². The van der Waals surface area contributed by atoms with Crippen molar-refractivity contribution < 1.29 is 10.2 Å². The van der Waals surface area contributed by atoms with Gasteiger partial charge in [-0.25, -0.2) is 0 Å². The second kappa shape index (κ2) is 6.66. The molecule has 74 valence electrons. The number of hydrazine groups is 1. The fraction of sp³-hybridized carbons (Fsp3) is 1.00. The zero-order chi connectivity index (χ0) is 8.85. The Balaban J connectivity index is 0. The molecule has 0 fully saturated rings. The second-order valence-corrected chi connectivity index (χ2v) is 2.60. The lowest BCUT2D eigenvalue weighted by molar-refractivity contribution is -0.716. The molecule has 0 saturated heterocycles. The fourth-order valence-corrected chi connectivity index (χ4v) is 0.822. The first-order valence-electron chi connectivity index (χ1n) is 3.72. The van der Waals surface area contributed by atoms with Crippen LogP contribution in [0.1, 0.15) is 27.2 Å². The lowest BCUT2D eigenvalue weighted by Gasteiger charge is -2.20. The van der Waals surface area contributed by atoms with Gasteiger partial charge in [0.15, 0.2) is 0 Å². The van der Waals surface area contributed by atoms with Crippen LogP contribution in [0.2, 0.25) is 0 Å². The molecule has 0 aliphatic rings. The Morgan fingerprint density at radius 3 is 2.33 bits per heavy atom. The van der Waals surface area contributed by atoms with E-state index in [2.05, 4.69) is 5.28 Å². The molecule has 0 unspecified atom stereocenters. The van der Waals surface area contributed by atoms with Crippen molar-refractivity contribution in [1.82, 2.24) is 11.2 Å². The van der Waals surface area contributed by atoms with E-state index in [-0.39, 0.29) is 17.2 Å². The maximum atomic E-state index is 10.8. The average molecular weight is 178 g/mol. The SMILES string of the molecule is CCCN(C(C)C)[N+]([O-])=NO.N. The molecule has 0 bridgehead atoms. The van der Waals surface area contributed by atoms with Crippen LogP contribution in [0, 0.1) is 5.21 Å². The minimum atomic E-state index is 0. The monoisotopic (exact) mass is 178 g/mol. The molecule has 0 aromatic carbocycles. The smallest absolute Gasteiger partial charge is 0.230 e. The highest BCUT2D eigenvalue weighted by atomic mass is 16.6. The van der Waals surface area contributed by atoms with Crippen LogP contribution in [0.3, 0.4) is 0 Å². The summed E-state index contributed by atoms with van der Waals surface area (Å²) < 4.78 is 0. The van der Waals surface area contributed by atoms with Crippen LogP contribution >= 0.6 is 0 Å². The standard InChI is InChI=1S/C6H15N3O2.H3N/c1-4-5-8(6(2)3)9(11)7-10;/h6,10H,4-5H2,1-3H3;1H3. The highest BCUT2D eigenvalue weighted by Gasteiger charge is 2.15. The van der Waals surface area contributed by atoms with Crippen molar-refractivity contribution in [1.29, 1.82) is 0 Å². The van der Waals surface area contributed by atoms with Crippen molar-refractivity contribution in [2.24, 2.45) is 5.28 Å². The normalized spacial score (nSPS) is 11.2. The molecular weight excluding hydrogens is 160 g/mol. The van der Waals surface area contributed by atoms with Crippen molar-refractivity contribution in [3.8, 4) is 0 Å². The van der Waals surface area contributed by atoms with Gasteiger partial charge in [0.25, 0.3) is 0 Å². The maximum absolute atomic E-state index is 10.8. The minimum absolute atomic E-state index is 0. The van der Waals surface area contributed by atoms with E-state index in [0.29, 0.717) is 6.54 Å². The van der Waals surface area contributed by atoms with Gasteiger partial charge in [-0.2, -0.15) is 0 Å². The molecule has 0 heterocycles. The van der Waals surface area contributed by atoms with Gasteiger partial charge in [0.05, 0.1) is 17.6 Å². The highest BCUT2D eigenvalue weighted by Crippen LogP contribution is 1.99. The number of rotatable bonds is 4. The predicted molar refractivity (Wildman–Crippen MR) is 45.0 cm³/mol. The topological polar surface area (TPSA) is 96.9 Å². The van der Waals surface area contributed by atoms with Crippen molar-refractivity contribution in [3.63, 3.8) is 0 Å². The Hall–Kier alpha value is -1.04. The summed E-state index contributed by atoms with van der Waals surface area (Å²) in [5.74, 6) is 0. The van der Waals surface area contributed by atoms with Crippen molar-refractivity contribution in [2.45, 2.75) is 33.2 Å². The molecule has 12 heavy (non-hydrogen) atoms. The fourth-order valence-electron chi connectivity index (χ4n) is 0.822. The third kappa shape index (κ3) is 3.97. The predicted octanol–water partition coefficient (Wildman–Crippen LogP) is 1.54. The van der Waals surface area contributed by atoms with E-state index in [1.807, 2.05) is 20.8 Å². The first kappa shape index (κ1) is 13.5. The van der Waals surface area contributed by atoms with Gasteiger partial charge in [-0.05, 0) is 20.3 Å². The summed E-state index contributed by atoms with van der Waals surface area (Å²) in [6, 6.07) is 0.0587. The summed E-state index contributed by atoms with van der Waals surface area (Å²) in [6.45, 7) is 6.29. The third-order valence-corrected chi connectivity index (χ3v) is 1.35. The molecular formula is C6H18N4O2. The van der Waals surface area contributed by atoms with Crippen LogP contribution in [0.5, 0.6) is 0 Å². The molecule has 0 aliphatic heterocycles. The molecule has 0 aliphatic carbocycles. The van der Waals surface area contributed by atoms with Gasteiger partial charge in [-0.15, -0.1) is 5.01 Å². The van der Waals surface area contributed by atoms with Crippen LogP contribution in [0.4, 0.5) is 0 Å². The van der Waals surface area contributed by atoms with Gasteiger partial charge >= 0.3 is 0 Å². The van der Waals surface area contributed by atoms with E-state index in [9.17, 15) is 5.21 Å². The summed E-state index contributed by atoms with van der Waals surface area (Å²) in [5, 5.41) is 22.9. The summed E-state index contributed by atoms with van der Waals surface area (Å²) >= 11 is 0. The Morgan fingerprint density at radius 1 is 1.58 bits per heavy atom. The van der Waals surface area contributed by atoms with Gasteiger partial charge in [0.2, 0.25) is 5.28 Å². The van der Waals surface area contributed by atoms with E-state index in [0.717, 1.165) is 6.42 Å². The molecule has 0 saturated carbocycles. The van der Waals surface area contributed by atoms with Crippen LogP contribution in [-0.4, -0.2) is 27.8 Å². The van der Waals surface area contributed by atoms with E-state index in [1.165, 1.54) is 5.01 Å². The van der Waals surface area contributed by atoms with Crippen LogP contribution in [0.15, 0.2) is 5.28 Å². The lowest BCUT2D eigenvalue weighted by atomic mass is 10.3. The number of nitrogens with zero attached hydrogens (tertiary/aromatic N) is 3. The number of hydrogen-bond acceptors (Lipinski definition) is 3. The Bertz CT molecular complexity index is 138. The van der Waals surface area contributed by atoms with Crippen molar-refractivity contribution in [2.75, 3.05) is 6.54 Å². The largest absolute Gasteiger partial charge is 0.569 e. The van der Waals surface area contributed by atoms with Crippen LogP contribution in [0.25, 0.3) is 0 Å². The summed E-state index contributed by atoms with van der Waals surface area (Å²) in [5.41, 5.74) is 0. The van der Waals surface area contributed by atoms with Gasteiger partial charge in [-0.1, -0.05) is 6.92 Å². The van der Waals surface area contributed by atoms with Crippen molar-refractivity contribution >= 4 is 0 Å². The Morgan fingerprint density at radius 2 is 2.08 bits per heavy atom. The van der Waals surface area contributed by atoms with Crippen LogP contribution in [-0.2, 0) is 0 Å². The Labute approximate surface area is 72.6 Å². The zero-order valence-electron chi connectivity index (χ0n) is 7.90. The molecule has 0 rings (SSSR count). The molecule has 0 radical (unpaired) electrons. The average Bonchev–Trinajstić information content (AvgIpc) is 1.98. The van der Waals surface area contributed by atoms with Gasteiger partial charge in [0, 0.05) is 0 Å². The second-order valence-electron chi connectivity index (χ2n) is 2.60. The quantitative estimate of drug-likeness (QED) is 0.387. The lowest BCUT2D eigenvalue weighted by Crippen LogP contribution is -2.37. The number of hydrogen-bond donors (Lipinski definition) is 2. The molecule has 6 heteroatoms. The minimum Gasteiger partial charge on any atom is -0.569 e. The third-order valence-electron chi connectivity index (χ3n) is 1.35. The first-order valence-corrected chi connectivity index (χ1v) is 3.72. The highest BCUT2D eigenvalue weighted by molar-refractivity contribution is 4.48. The summed E-state index contributed by atoms with van der Waals surface area (Å²) in [4.78, 5) is 0.216. The first-order chi connectivity index (χ1) is 5.13. The molecule has 6 nitrogen and oxygen atoms in total. The summed E-state index contributed by atoms with van der Waals surface area (Å²) in [6.07, 6.45) is 0.854. The molecule has 0 spiro atoms. The van der Waals surface area contributed by atoms with Gasteiger partial charge < -0.3 is 16.6 Å². The molecule has 4 N–H and O–H groups in total. The maximum Gasteiger partial charge on any atom is 0.230 e. The molecule has 0 amide bonds. The zero-order valence-corrected chi connectivity index (χ0v) is 7.90.